The lowest BCUT2D eigenvalue weighted by atomic mass is 9.97. The van der Waals surface area contributed by atoms with E-state index < -0.39 is 0 Å². The van der Waals surface area contributed by atoms with E-state index in [2.05, 4.69) is 52.1 Å². The van der Waals surface area contributed by atoms with Crippen LogP contribution in [0.25, 0.3) is 11.0 Å². The van der Waals surface area contributed by atoms with Crippen molar-refractivity contribution < 1.29 is 4.42 Å². The molecule has 5 nitrogen and oxygen atoms in total. The molecule has 1 aromatic carbocycles. The number of aromatic amines is 1. The van der Waals surface area contributed by atoms with Gasteiger partial charge < -0.3 is 4.42 Å². The Hall–Kier alpha value is -2.14. The third kappa shape index (κ3) is 2.77. The fraction of sp³-hybridized carbons (Fsp3) is 0.444. The molecular weight excluding hydrogens is 288 g/mol. The highest BCUT2D eigenvalue weighted by Gasteiger charge is 2.24. The van der Waals surface area contributed by atoms with Crippen LogP contribution in [0.4, 0.5) is 0 Å². The first-order valence-corrected chi connectivity index (χ1v) is 8.27. The molecule has 0 aliphatic carbocycles. The maximum atomic E-state index is 6.11. The Morgan fingerprint density at radius 1 is 1.35 bits per heavy atom. The maximum Gasteiger partial charge on any atom is 0.137 e. The van der Waals surface area contributed by atoms with Gasteiger partial charge in [-0.05, 0) is 50.9 Å². The first-order chi connectivity index (χ1) is 11.2. The number of likely N-dealkylation sites (tertiary alicyclic amines) is 1. The molecule has 120 valence electrons. The second-order valence-corrected chi connectivity index (χ2v) is 6.59. The molecule has 1 aliphatic rings. The smallest absolute Gasteiger partial charge is 0.137 e. The van der Waals surface area contributed by atoms with E-state index in [1.807, 2.05) is 0 Å². The van der Waals surface area contributed by atoms with E-state index in [9.17, 15) is 0 Å². The average Bonchev–Trinajstić information content (AvgIpc) is 3.18. The number of rotatable bonds is 3. The Balaban J connectivity index is 1.54. The summed E-state index contributed by atoms with van der Waals surface area (Å²) in [6.07, 6.45) is 3.95. The van der Waals surface area contributed by atoms with Crippen molar-refractivity contribution in [3.05, 3.63) is 47.2 Å². The second-order valence-electron chi connectivity index (χ2n) is 6.59. The number of piperidine rings is 1. The Morgan fingerprint density at radius 3 is 3.09 bits per heavy atom. The number of benzene rings is 1. The number of hydrogen-bond donors (Lipinski definition) is 1. The topological polar surface area (TPSA) is 58.0 Å². The summed E-state index contributed by atoms with van der Waals surface area (Å²) < 4.78 is 6.11. The van der Waals surface area contributed by atoms with Gasteiger partial charge in [-0.1, -0.05) is 11.6 Å². The molecule has 1 aliphatic heterocycles. The van der Waals surface area contributed by atoms with Gasteiger partial charge in [-0.2, -0.15) is 5.10 Å². The van der Waals surface area contributed by atoms with Crippen molar-refractivity contribution in [2.24, 2.45) is 0 Å². The van der Waals surface area contributed by atoms with Crippen LogP contribution in [-0.2, 0) is 6.54 Å². The predicted octanol–water partition coefficient (Wildman–Crippen LogP) is 3.55. The summed E-state index contributed by atoms with van der Waals surface area (Å²) >= 11 is 0. The van der Waals surface area contributed by atoms with Gasteiger partial charge in [0.2, 0.25) is 0 Å². The monoisotopic (exact) mass is 310 g/mol. The van der Waals surface area contributed by atoms with E-state index in [4.69, 9.17) is 4.42 Å². The lowest BCUT2D eigenvalue weighted by Crippen LogP contribution is -2.34. The zero-order valence-electron chi connectivity index (χ0n) is 13.7. The number of hydrogen-bond acceptors (Lipinski definition) is 4. The van der Waals surface area contributed by atoms with E-state index in [1.165, 1.54) is 29.4 Å². The van der Waals surface area contributed by atoms with Crippen LogP contribution in [0.5, 0.6) is 0 Å². The minimum atomic E-state index is 0.443. The van der Waals surface area contributed by atoms with E-state index in [1.54, 1.807) is 6.33 Å². The van der Waals surface area contributed by atoms with Crippen LogP contribution in [0, 0.1) is 13.8 Å². The van der Waals surface area contributed by atoms with Crippen LogP contribution < -0.4 is 0 Å². The lowest BCUT2D eigenvalue weighted by molar-refractivity contribution is 0.184. The molecule has 1 atom stereocenters. The highest BCUT2D eigenvalue weighted by Crippen LogP contribution is 2.30. The predicted molar refractivity (Wildman–Crippen MR) is 89.3 cm³/mol. The summed E-state index contributed by atoms with van der Waals surface area (Å²) in [5.41, 5.74) is 3.54. The van der Waals surface area contributed by atoms with Gasteiger partial charge in [0.15, 0.2) is 0 Å². The molecular formula is C18H22N4O. The molecule has 0 amide bonds. The zero-order valence-corrected chi connectivity index (χ0v) is 13.7. The van der Waals surface area contributed by atoms with Crippen molar-refractivity contribution in [1.82, 2.24) is 20.1 Å². The quantitative estimate of drug-likeness (QED) is 0.804. The minimum absolute atomic E-state index is 0.443. The first kappa shape index (κ1) is 14.5. The van der Waals surface area contributed by atoms with Gasteiger partial charge in [0.25, 0.3) is 0 Å². The molecule has 23 heavy (non-hydrogen) atoms. The molecule has 2 aromatic heterocycles. The summed E-state index contributed by atoms with van der Waals surface area (Å²) in [4.78, 5) is 6.79. The van der Waals surface area contributed by atoms with Crippen LogP contribution in [0.2, 0.25) is 0 Å². The molecule has 0 saturated carbocycles. The average molecular weight is 310 g/mol. The normalized spacial score (nSPS) is 19.5. The van der Waals surface area contributed by atoms with Crippen molar-refractivity contribution in [3.63, 3.8) is 0 Å². The Bertz CT molecular complexity index is 806. The number of furan rings is 1. The maximum absolute atomic E-state index is 6.11. The number of nitrogens with one attached hydrogen (secondary N) is 1. The summed E-state index contributed by atoms with van der Waals surface area (Å²) in [6.45, 7) is 7.27. The number of aryl methyl sites for hydroxylation is 2. The SMILES string of the molecule is Cc1ccc2oc(CN3CCC[C@H](c4ncn[nH]4)C3)c(C)c2c1. The Morgan fingerprint density at radius 2 is 2.26 bits per heavy atom. The molecule has 0 unspecified atom stereocenters. The molecule has 4 rings (SSSR count). The van der Waals surface area contributed by atoms with E-state index in [0.717, 1.165) is 36.8 Å². The highest BCUT2D eigenvalue weighted by molar-refractivity contribution is 5.82. The van der Waals surface area contributed by atoms with Crippen molar-refractivity contribution >= 4 is 11.0 Å². The van der Waals surface area contributed by atoms with Gasteiger partial charge in [0, 0.05) is 17.8 Å². The molecule has 0 spiro atoms. The van der Waals surface area contributed by atoms with Gasteiger partial charge in [0.05, 0.1) is 6.54 Å². The summed E-state index contributed by atoms with van der Waals surface area (Å²) in [5, 5.41) is 8.24. The largest absolute Gasteiger partial charge is 0.459 e. The number of H-pyrrole nitrogens is 1. The van der Waals surface area contributed by atoms with Crippen LogP contribution >= 0.6 is 0 Å². The highest BCUT2D eigenvalue weighted by atomic mass is 16.3. The lowest BCUT2D eigenvalue weighted by Gasteiger charge is -2.31. The number of nitrogens with zero attached hydrogens (tertiary/aromatic N) is 3. The van der Waals surface area contributed by atoms with Crippen LogP contribution in [0.15, 0.2) is 28.9 Å². The fourth-order valence-electron chi connectivity index (χ4n) is 3.57. The van der Waals surface area contributed by atoms with Crippen LogP contribution in [0.1, 0.15) is 41.5 Å². The summed E-state index contributed by atoms with van der Waals surface area (Å²) in [6, 6.07) is 6.40. The van der Waals surface area contributed by atoms with Crippen molar-refractivity contribution in [1.29, 1.82) is 0 Å². The molecule has 3 heterocycles. The molecule has 0 radical (unpaired) electrons. The summed E-state index contributed by atoms with van der Waals surface area (Å²) in [7, 11) is 0. The minimum Gasteiger partial charge on any atom is -0.459 e. The van der Waals surface area contributed by atoms with Crippen molar-refractivity contribution in [2.75, 3.05) is 13.1 Å². The Kier molecular flexibility index (Phi) is 3.65. The van der Waals surface area contributed by atoms with Crippen LogP contribution in [-0.4, -0.2) is 33.2 Å². The standard InChI is InChI=1S/C18H22N4O/c1-12-5-6-16-15(8-12)13(2)17(23-16)10-22-7-3-4-14(9-22)18-19-11-20-21-18/h5-6,8,11,14H,3-4,7,9-10H2,1-2H3,(H,19,20,21)/t14-/m0/s1. The molecule has 5 heteroatoms. The van der Waals surface area contributed by atoms with E-state index >= 15 is 0 Å². The van der Waals surface area contributed by atoms with E-state index in [-0.39, 0.29) is 0 Å². The fourth-order valence-corrected chi connectivity index (χ4v) is 3.57. The third-order valence-corrected chi connectivity index (χ3v) is 4.88. The first-order valence-electron chi connectivity index (χ1n) is 8.27. The molecule has 1 saturated heterocycles. The second kappa shape index (κ2) is 5.81. The molecule has 3 aromatic rings. The van der Waals surface area contributed by atoms with Gasteiger partial charge in [0.1, 0.15) is 23.5 Å². The molecule has 1 N–H and O–H groups in total. The van der Waals surface area contributed by atoms with Gasteiger partial charge in [-0.15, -0.1) is 0 Å². The van der Waals surface area contributed by atoms with Gasteiger partial charge >= 0.3 is 0 Å². The van der Waals surface area contributed by atoms with Gasteiger partial charge in [-0.3, -0.25) is 10.00 Å². The number of fused-ring (bicyclic) bond motifs is 1. The zero-order chi connectivity index (χ0) is 15.8. The van der Waals surface area contributed by atoms with Crippen molar-refractivity contribution in [2.45, 2.75) is 39.2 Å². The Labute approximate surface area is 135 Å². The summed E-state index contributed by atoms with van der Waals surface area (Å²) in [5.74, 6) is 2.54. The van der Waals surface area contributed by atoms with E-state index in [0.29, 0.717) is 5.92 Å². The number of aromatic nitrogens is 3. The third-order valence-electron chi connectivity index (χ3n) is 4.88. The van der Waals surface area contributed by atoms with Gasteiger partial charge in [-0.25, -0.2) is 4.98 Å². The molecule has 1 fully saturated rings. The van der Waals surface area contributed by atoms with Crippen molar-refractivity contribution in [3.8, 4) is 0 Å². The molecule has 0 bridgehead atoms. The van der Waals surface area contributed by atoms with Crippen LogP contribution in [0.3, 0.4) is 0 Å².